The summed E-state index contributed by atoms with van der Waals surface area (Å²) >= 11 is 1.45. The quantitative estimate of drug-likeness (QED) is 0.816. The summed E-state index contributed by atoms with van der Waals surface area (Å²) in [6.07, 6.45) is 7.45. The summed E-state index contributed by atoms with van der Waals surface area (Å²) in [5, 5.41) is 1.80. The maximum atomic E-state index is 13.4. The Morgan fingerprint density at radius 3 is 2.04 bits per heavy atom. The van der Waals surface area contributed by atoms with Crippen molar-refractivity contribution in [3.05, 3.63) is 16.6 Å². The molecule has 0 N–H and O–H groups in total. The van der Waals surface area contributed by atoms with Gasteiger partial charge >= 0.3 is 0 Å². The van der Waals surface area contributed by atoms with Gasteiger partial charge in [-0.25, -0.2) is 4.98 Å². The van der Waals surface area contributed by atoms with Crippen molar-refractivity contribution in [2.75, 3.05) is 26.2 Å². The van der Waals surface area contributed by atoms with E-state index in [1.54, 1.807) is 10.9 Å². The number of amides is 2. The molecule has 2 heterocycles. The first-order valence-electron chi connectivity index (χ1n) is 9.60. The lowest BCUT2D eigenvalue weighted by Gasteiger charge is -2.57. The van der Waals surface area contributed by atoms with E-state index in [0.717, 1.165) is 37.0 Å². The maximum absolute atomic E-state index is 13.4. The van der Waals surface area contributed by atoms with Gasteiger partial charge in [0.1, 0.15) is 5.69 Å². The van der Waals surface area contributed by atoms with E-state index in [4.69, 9.17) is 0 Å². The van der Waals surface area contributed by atoms with Crippen molar-refractivity contribution in [3.8, 4) is 0 Å². The van der Waals surface area contributed by atoms with Gasteiger partial charge in [0, 0.05) is 31.6 Å². The molecule has 0 atom stereocenters. The smallest absolute Gasteiger partial charge is 0.273 e. The molecule has 6 heteroatoms. The number of carbonyl (C=O) groups excluding carboxylic acids is 2. The number of aromatic nitrogens is 1. The number of hydrogen-bond acceptors (Lipinski definition) is 4. The molecule has 2 amide bonds. The molecule has 0 aromatic carbocycles. The van der Waals surface area contributed by atoms with Gasteiger partial charge in [-0.05, 0) is 56.3 Å². The van der Waals surface area contributed by atoms with Gasteiger partial charge in [-0.1, -0.05) is 0 Å². The van der Waals surface area contributed by atoms with Crippen LogP contribution in [-0.2, 0) is 4.79 Å². The summed E-state index contributed by atoms with van der Waals surface area (Å²) in [4.78, 5) is 33.8. The Kier molecular flexibility index (Phi) is 3.66. The normalized spacial score (nSPS) is 36.7. The Hall–Kier alpha value is -1.43. The fourth-order valence-electron chi connectivity index (χ4n) is 6.30. The van der Waals surface area contributed by atoms with E-state index in [1.807, 2.05) is 4.90 Å². The molecule has 1 aromatic rings. The summed E-state index contributed by atoms with van der Waals surface area (Å²) in [5.41, 5.74) is 2.17. The molecule has 6 rings (SSSR count). The number of carbonyl (C=O) groups is 2. The second-order valence-corrected chi connectivity index (χ2v) is 9.37. The Balaban J connectivity index is 1.25. The van der Waals surface area contributed by atoms with Crippen LogP contribution in [0.2, 0.25) is 0 Å². The van der Waals surface area contributed by atoms with Crippen molar-refractivity contribution < 1.29 is 9.59 Å². The number of thiazole rings is 1. The first-order chi connectivity index (χ1) is 12.1. The molecule has 1 aromatic heterocycles. The maximum Gasteiger partial charge on any atom is 0.273 e. The molecule has 1 aliphatic heterocycles. The topological polar surface area (TPSA) is 53.5 Å². The van der Waals surface area contributed by atoms with Crippen LogP contribution in [0.1, 0.15) is 49.0 Å². The number of rotatable bonds is 2. The lowest BCUT2D eigenvalue weighted by atomic mass is 9.49. The second-order valence-electron chi connectivity index (χ2n) is 8.66. The lowest BCUT2D eigenvalue weighted by Crippen LogP contribution is -2.58. The predicted octanol–water partition coefficient (Wildman–Crippen LogP) is 2.64. The summed E-state index contributed by atoms with van der Waals surface area (Å²) in [7, 11) is 0. The van der Waals surface area contributed by atoms with Crippen LogP contribution in [0, 0.1) is 23.2 Å². The van der Waals surface area contributed by atoms with Crippen LogP contribution < -0.4 is 0 Å². The van der Waals surface area contributed by atoms with Crippen molar-refractivity contribution in [3.63, 3.8) is 0 Å². The third-order valence-electron chi connectivity index (χ3n) is 7.00. The van der Waals surface area contributed by atoms with Crippen LogP contribution in [0.3, 0.4) is 0 Å². The van der Waals surface area contributed by atoms with Crippen LogP contribution in [0.25, 0.3) is 0 Å². The van der Waals surface area contributed by atoms with Gasteiger partial charge in [0.05, 0.1) is 10.9 Å². The Bertz CT molecular complexity index is 644. The third-order valence-corrected chi connectivity index (χ3v) is 7.58. The summed E-state index contributed by atoms with van der Waals surface area (Å²) < 4.78 is 0. The Morgan fingerprint density at radius 1 is 0.960 bits per heavy atom. The fourth-order valence-corrected chi connectivity index (χ4v) is 6.83. The SMILES string of the molecule is O=C(c1cscn1)N1CCN(C(=O)C23CC4CC(CC(C4)C2)C3)CC1. The Labute approximate surface area is 152 Å². The van der Waals surface area contributed by atoms with E-state index in [1.165, 1.54) is 30.6 Å². The molecule has 5 fully saturated rings. The van der Waals surface area contributed by atoms with Gasteiger partial charge in [-0.3, -0.25) is 9.59 Å². The van der Waals surface area contributed by atoms with Gasteiger partial charge in [0.15, 0.2) is 0 Å². The van der Waals surface area contributed by atoms with Crippen molar-refractivity contribution >= 4 is 23.2 Å². The predicted molar refractivity (Wildman–Crippen MR) is 95.2 cm³/mol. The van der Waals surface area contributed by atoms with Crippen molar-refractivity contribution in [2.24, 2.45) is 23.2 Å². The number of nitrogens with zero attached hydrogens (tertiary/aromatic N) is 3. The lowest BCUT2D eigenvalue weighted by molar-refractivity contribution is -0.159. The molecule has 1 saturated heterocycles. The van der Waals surface area contributed by atoms with E-state index in [2.05, 4.69) is 9.88 Å². The summed E-state index contributed by atoms with van der Waals surface area (Å²) in [6, 6.07) is 0. The zero-order valence-electron chi connectivity index (χ0n) is 14.5. The monoisotopic (exact) mass is 359 g/mol. The van der Waals surface area contributed by atoms with Crippen LogP contribution in [0.15, 0.2) is 10.9 Å². The van der Waals surface area contributed by atoms with E-state index < -0.39 is 0 Å². The van der Waals surface area contributed by atoms with Crippen LogP contribution >= 0.6 is 11.3 Å². The highest BCUT2D eigenvalue weighted by Gasteiger charge is 2.55. The first-order valence-corrected chi connectivity index (χ1v) is 10.5. The van der Waals surface area contributed by atoms with Crippen LogP contribution in [0.5, 0.6) is 0 Å². The standard InChI is InChI=1S/C19H25N3O2S/c23-17(16-11-25-12-20-16)21-1-3-22(4-2-21)18(24)19-8-13-5-14(9-19)7-15(6-13)10-19/h11-15H,1-10H2. The van der Waals surface area contributed by atoms with E-state index in [0.29, 0.717) is 37.8 Å². The largest absolute Gasteiger partial charge is 0.339 e. The molecular formula is C19H25N3O2S. The van der Waals surface area contributed by atoms with Gasteiger partial charge in [-0.2, -0.15) is 0 Å². The van der Waals surface area contributed by atoms with Crippen LogP contribution in [-0.4, -0.2) is 52.8 Å². The highest BCUT2D eigenvalue weighted by Crippen LogP contribution is 2.60. The van der Waals surface area contributed by atoms with Crippen molar-refractivity contribution in [1.82, 2.24) is 14.8 Å². The molecular weight excluding hydrogens is 334 g/mol. The van der Waals surface area contributed by atoms with Crippen molar-refractivity contribution in [1.29, 1.82) is 0 Å². The molecule has 0 spiro atoms. The van der Waals surface area contributed by atoms with Crippen molar-refractivity contribution in [2.45, 2.75) is 38.5 Å². The highest BCUT2D eigenvalue weighted by atomic mass is 32.1. The molecule has 5 aliphatic rings. The zero-order valence-corrected chi connectivity index (χ0v) is 15.3. The summed E-state index contributed by atoms with van der Waals surface area (Å²) in [5.74, 6) is 2.78. The molecule has 5 nitrogen and oxygen atoms in total. The molecule has 4 saturated carbocycles. The molecule has 0 unspecified atom stereocenters. The second kappa shape index (κ2) is 5.79. The third kappa shape index (κ3) is 2.60. The fraction of sp³-hybridized carbons (Fsp3) is 0.737. The molecule has 134 valence electrons. The number of piperazine rings is 1. The summed E-state index contributed by atoms with van der Waals surface area (Å²) in [6.45, 7) is 2.62. The Morgan fingerprint density at radius 2 is 1.52 bits per heavy atom. The van der Waals surface area contributed by atoms with Gasteiger partial charge in [-0.15, -0.1) is 11.3 Å². The van der Waals surface area contributed by atoms with E-state index >= 15 is 0 Å². The minimum absolute atomic E-state index is 0.00292. The molecule has 4 bridgehead atoms. The molecule has 25 heavy (non-hydrogen) atoms. The van der Waals surface area contributed by atoms with Gasteiger partial charge < -0.3 is 9.80 Å². The van der Waals surface area contributed by atoms with E-state index in [9.17, 15) is 9.59 Å². The molecule has 4 aliphatic carbocycles. The average molecular weight is 359 g/mol. The average Bonchev–Trinajstić information content (AvgIpc) is 3.14. The minimum atomic E-state index is -0.0597. The molecule has 0 radical (unpaired) electrons. The van der Waals surface area contributed by atoms with E-state index in [-0.39, 0.29) is 11.3 Å². The van der Waals surface area contributed by atoms with Crippen LogP contribution in [0.4, 0.5) is 0 Å². The first kappa shape index (κ1) is 15.8. The minimum Gasteiger partial charge on any atom is -0.339 e. The number of hydrogen-bond donors (Lipinski definition) is 0. The highest BCUT2D eigenvalue weighted by molar-refractivity contribution is 7.07. The van der Waals surface area contributed by atoms with Gasteiger partial charge in [0.2, 0.25) is 5.91 Å². The zero-order chi connectivity index (χ0) is 17.0. The van der Waals surface area contributed by atoms with Gasteiger partial charge in [0.25, 0.3) is 5.91 Å².